The van der Waals surface area contributed by atoms with Gasteiger partial charge in [0.25, 0.3) is 11.6 Å². The molecular formula is C20H16N4O3. The quantitative estimate of drug-likeness (QED) is 0.538. The average Bonchev–Trinajstić information content (AvgIpc) is 2.71. The van der Waals surface area contributed by atoms with Crippen LogP contribution in [0.5, 0.6) is 0 Å². The zero-order valence-corrected chi connectivity index (χ0v) is 14.2. The highest BCUT2D eigenvalue weighted by Crippen LogP contribution is 2.36. The number of benzene rings is 3. The molecule has 0 radical (unpaired) electrons. The van der Waals surface area contributed by atoms with Crippen molar-refractivity contribution in [2.24, 2.45) is 0 Å². The second-order valence-corrected chi connectivity index (χ2v) is 6.06. The van der Waals surface area contributed by atoms with E-state index in [1.54, 1.807) is 36.4 Å². The van der Waals surface area contributed by atoms with Crippen LogP contribution in [0.1, 0.15) is 22.1 Å². The van der Waals surface area contributed by atoms with Gasteiger partial charge in [0.15, 0.2) is 6.17 Å². The van der Waals surface area contributed by atoms with Crippen LogP contribution in [-0.4, -0.2) is 15.8 Å². The van der Waals surface area contributed by atoms with Crippen LogP contribution in [0.4, 0.5) is 17.1 Å². The van der Waals surface area contributed by atoms with Crippen LogP contribution in [0, 0.1) is 10.1 Å². The lowest BCUT2D eigenvalue weighted by molar-refractivity contribution is -0.385. The van der Waals surface area contributed by atoms with Crippen LogP contribution < -0.4 is 10.7 Å². The van der Waals surface area contributed by atoms with Gasteiger partial charge < -0.3 is 5.32 Å². The number of anilines is 2. The monoisotopic (exact) mass is 360 g/mol. The van der Waals surface area contributed by atoms with Crippen LogP contribution >= 0.6 is 0 Å². The average molecular weight is 360 g/mol. The Morgan fingerprint density at radius 1 is 0.926 bits per heavy atom. The molecule has 0 saturated carbocycles. The summed E-state index contributed by atoms with van der Waals surface area (Å²) in [4.78, 5) is 24.2. The van der Waals surface area contributed by atoms with E-state index in [1.807, 2.05) is 36.4 Å². The number of carbonyl (C=O) groups excluding carboxylic acids is 1. The van der Waals surface area contributed by atoms with Crippen molar-refractivity contribution in [3.05, 3.63) is 100 Å². The smallest absolute Gasteiger partial charge is 0.276 e. The third-order valence-corrected chi connectivity index (χ3v) is 4.38. The Labute approximate surface area is 155 Å². The zero-order chi connectivity index (χ0) is 18.8. The molecule has 1 amide bonds. The molecule has 2 N–H and O–H groups in total. The van der Waals surface area contributed by atoms with Gasteiger partial charge in [-0.1, -0.05) is 42.5 Å². The SMILES string of the molecule is O=C1c2ccccc2NC(c2ccccc2[N+](=O)[O-])N1Nc1ccccc1. The Kier molecular flexibility index (Phi) is 4.18. The molecule has 3 aromatic carbocycles. The fourth-order valence-corrected chi connectivity index (χ4v) is 3.12. The number of hydrogen-bond acceptors (Lipinski definition) is 5. The van der Waals surface area contributed by atoms with E-state index in [4.69, 9.17) is 0 Å². The molecule has 1 aliphatic rings. The number of nitro groups is 1. The van der Waals surface area contributed by atoms with Crippen molar-refractivity contribution in [3.63, 3.8) is 0 Å². The van der Waals surface area contributed by atoms with E-state index in [1.165, 1.54) is 11.1 Å². The minimum Gasteiger partial charge on any atom is -0.359 e. The third kappa shape index (κ3) is 3.06. The van der Waals surface area contributed by atoms with Crippen molar-refractivity contribution in [3.8, 4) is 0 Å². The van der Waals surface area contributed by atoms with Gasteiger partial charge in [-0.2, -0.15) is 0 Å². The first kappa shape index (κ1) is 16.6. The summed E-state index contributed by atoms with van der Waals surface area (Å²) in [7, 11) is 0. The summed E-state index contributed by atoms with van der Waals surface area (Å²) in [6.45, 7) is 0. The molecule has 4 rings (SSSR count). The molecule has 0 saturated heterocycles. The van der Waals surface area contributed by atoms with Crippen molar-refractivity contribution < 1.29 is 9.72 Å². The highest BCUT2D eigenvalue weighted by Gasteiger charge is 2.36. The molecule has 0 bridgehead atoms. The molecular weight excluding hydrogens is 344 g/mol. The molecule has 0 aromatic heterocycles. The maximum Gasteiger partial charge on any atom is 0.276 e. The summed E-state index contributed by atoms with van der Waals surface area (Å²) in [6.07, 6.45) is -0.741. The van der Waals surface area contributed by atoms with E-state index in [0.717, 1.165) is 0 Å². The number of carbonyl (C=O) groups is 1. The summed E-state index contributed by atoms with van der Waals surface area (Å²) in [5.41, 5.74) is 5.26. The van der Waals surface area contributed by atoms with Gasteiger partial charge in [-0.15, -0.1) is 0 Å². The number of fused-ring (bicyclic) bond motifs is 1. The van der Waals surface area contributed by atoms with Crippen molar-refractivity contribution in [1.29, 1.82) is 0 Å². The van der Waals surface area contributed by atoms with Crippen molar-refractivity contribution >= 4 is 23.0 Å². The molecule has 7 heteroatoms. The van der Waals surface area contributed by atoms with E-state index in [9.17, 15) is 14.9 Å². The van der Waals surface area contributed by atoms with Gasteiger partial charge in [0, 0.05) is 11.8 Å². The highest BCUT2D eigenvalue weighted by atomic mass is 16.6. The Morgan fingerprint density at radius 2 is 1.59 bits per heavy atom. The first-order chi connectivity index (χ1) is 13.1. The fraction of sp³-hybridized carbons (Fsp3) is 0.0500. The van der Waals surface area contributed by atoms with E-state index in [2.05, 4.69) is 10.7 Å². The van der Waals surface area contributed by atoms with Gasteiger partial charge in [-0.25, -0.2) is 5.01 Å². The van der Waals surface area contributed by atoms with Gasteiger partial charge in [-0.05, 0) is 30.3 Å². The number of nitro benzene ring substituents is 1. The molecule has 1 aliphatic heterocycles. The number of para-hydroxylation sites is 3. The molecule has 1 heterocycles. The number of rotatable bonds is 4. The largest absolute Gasteiger partial charge is 0.359 e. The van der Waals surface area contributed by atoms with Crippen molar-refractivity contribution in [2.45, 2.75) is 6.17 Å². The topological polar surface area (TPSA) is 87.5 Å². The van der Waals surface area contributed by atoms with Gasteiger partial charge in [0.2, 0.25) is 0 Å². The molecule has 0 aliphatic carbocycles. The predicted molar refractivity (Wildman–Crippen MR) is 102 cm³/mol. The number of hydrogen-bond donors (Lipinski definition) is 2. The molecule has 134 valence electrons. The van der Waals surface area contributed by atoms with Crippen LogP contribution in [0.15, 0.2) is 78.9 Å². The van der Waals surface area contributed by atoms with Crippen LogP contribution in [0.2, 0.25) is 0 Å². The van der Waals surface area contributed by atoms with E-state index in [0.29, 0.717) is 22.5 Å². The van der Waals surface area contributed by atoms with Crippen LogP contribution in [0.3, 0.4) is 0 Å². The predicted octanol–water partition coefficient (Wildman–Crippen LogP) is 4.19. The number of nitrogens with one attached hydrogen (secondary N) is 2. The number of hydrazine groups is 1. The Balaban J connectivity index is 1.82. The molecule has 0 spiro atoms. The van der Waals surface area contributed by atoms with E-state index < -0.39 is 11.1 Å². The molecule has 7 nitrogen and oxygen atoms in total. The van der Waals surface area contributed by atoms with Crippen LogP contribution in [-0.2, 0) is 0 Å². The Morgan fingerprint density at radius 3 is 2.37 bits per heavy atom. The minimum atomic E-state index is -0.741. The normalized spacial score (nSPS) is 15.6. The fourth-order valence-electron chi connectivity index (χ4n) is 3.12. The van der Waals surface area contributed by atoms with E-state index >= 15 is 0 Å². The lowest BCUT2D eigenvalue weighted by atomic mass is 10.0. The van der Waals surface area contributed by atoms with Gasteiger partial charge in [-0.3, -0.25) is 20.3 Å². The van der Waals surface area contributed by atoms with Crippen molar-refractivity contribution in [2.75, 3.05) is 10.7 Å². The third-order valence-electron chi connectivity index (χ3n) is 4.38. The van der Waals surface area contributed by atoms with Gasteiger partial charge >= 0.3 is 0 Å². The summed E-state index contributed by atoms with van der Waals surface area (Å²) in [5.74, 6) is -0.267. The zero-order valence-electron chi connectivity index (χ0n) is 14.2. The van der Waals surface area contributed by atoms with Crippen molar-refractivity contribution in [1.82, 2.24) is 5.01 Å². The van der Waals surface area contributed by atoms with Gasteiger partial charge in [0.1, 0.15) is 0 Å². The summed E-state index contributed by atoms with van der Waals surface area (Å²) < 4.78 is 0. The minimum absolute atomic E-state index is 0.0537. The lowest BCUT2D eigenvalue weighted by Gasteiger charge is -2.38. The maximum atomic E-state index is 13.1. The van der Waals surface area contributed by atoms with Gasteiger partial charge in [0.05, 0.1) is 21.7 Å². The maximum absolute atomic E-state index is 13.1. The lowest BCUT2D eigenvalue weighted by Crippen LogP contribution is -2.46. The number of amides is 1. The summed E-state index contributed by atoms with van der Waals surface area (Å²) in [6, 6.07) is 22.7. The second kappa shape index (κ2) is 6.80. The first-order valence-electron chi connectivity index (χ1n) is 8.39. The number of nitrogens with zero attached hydrogens (tertiary/aromatic N) is 2. The second-order valence-electron chi connectivity index (χ2n) is 6.06. The highest BCUT2D eigenvalue weighted by molar-refractivity contribution is 6.02. The molecule has 1 unspecified atom stereocenters. The van der Waals surface area contributed by atoms with E-state index in [-0.39, 0.29) is 11.6 Å². The standard InChI is InChI=1S/C20H16N4O3/c25-20-15-10-4-6-12-17(15)21-19(16-11-5-7-13-18(16)24(26)27)23(20)22-14-8-2-1-3-9-14/h1-13,19,21-22H. The summed E-state index contributed by atoms with van der Waals surface area (Å²) >= 11 is 0. The molecule has 27 heavy (non-hydrogen) atoms. The Hall–Kier alpha value is -3.87. The molecule has 0 fully saturated rings. The summed E-state index contributed by atoms with van der Waals surface area (Å²) in [5, 5.41) is 16.1. The Bertz CT molecular complexity index is 1010. The molecule has 3 aromatic rings. The molecule has 1 atom stereocenters. The first-order valence-corrected chi connectivity index (χ1v) is 8.39. The van der Waals surface area contributed by atoms with Crippen LogP contribution in [0.25, 0.3) is 0 Å².